The van der Waals surface area contributed by atoms with Crippen LogP contribution in [0, 0.1) is 0 Å². The average molecular weight is 305 g/mol. The Morgan fingerprint density at radius 2 is 1.95 bits per heavy atom. The van der Waals surface area contributed by atoms with Crippen LogP contribution in [-0.2, 0) is 11.2 Å². The number of carbonyl (C=O) groups is 2. The number of Topliss-reactive ketones (excluding diaryl/α,β-unsaturated/α-hetero) is 1. The third-order valence-electron chi connectivity index (χ3n) is 2.65. The molecule has 0 fully saturated rings. The van der Waals surface area contributed by atoms with Gasteiger partial charge < -0.3 is 4.74 Å². The summed E-state index contributed by atoms with van der Waals surface area (Å²) in [5.74, 6) is 0.216. The van der Waals surface area contributed by atoms with Crippen LogP contribution in [0.3, 0.4) is 0 Å². The fourth-order valence-electron chi connectivity index (χ4n) is 1.54. The van der Waals surface area contributed by atoms with Crippen LogP contribution in [0.25, 0.3) is 0 Å². The van der Waals surface area contributed by atoms with Crippen molar-refractivity contribution in [3.63, 3.8) is 0 Å². The van der Waals surface area contributed by atoms with E-state index in [1.807, 2.05) is 6.92 Å². The Hall–Kier alpha value is -2.28. The quantitative estimate of drug-likeness (QED) is 0.828. The molecule has 1 aromatic carbocycles. The lowest BCUT2D eigenvalue weighted by Crippen LogP contribution is -2.20. The number of nitrogens with zero attached hydrogens (tertiary/aromatic N) is 2. The molecule has 0 saturated carbocycles. The van der Waals surface area contributed by atoms with Crippen LogP contribution in [0.4, 0.5) is 5.13 Å². The van der Waals surface area contributed by atoms with Crippen LogP contribution in [0.2, 0.25) is 0 Å². The summed E-state index contributed by atoms with van der Waals surface area (Å²) in [5, 5.41) is 11.7. The molecule has 1 N–H and O–H groups in total. The zero-order chi connectivity index (χ0) is 15.2. The number of hydrogen-bond acceptors (Lipinski definition) is 6. The monoisotopic (exact) mass is 305 g/mol. The van der Waals surface area contributed by atoms with Crippen molar-refractivity contribution in [2.24, 2.45) is 0 Å². The van der Waals surface area contributed by atoms with Gasteiger partial charge in [-0.25, -0.2) is 0 Å². The van der Waals surface area contributed by atoms with E-state index in [-0.39, 0.29) is 18.3 Å². The van der Waals surface area contributed by atoms with E-state index in [1.54, 1.807) is 24.3 Å². The second kappa shape index (κ2) is 6.94. The first-order valence-electron chi connectivity index (χ1n) is 6.44. The van der Waals surface area contributed by atoms with Crippen LogP contribution in [0.1, 0.15) is 29.2 Å². The molecule has 0 aliphatic carbocycles. The van der Waals surface area contributed by atoms with Gasteiger partial charge in [0.15, 0.2) is 12.4 Å². The summed E-state index contributed by atoms with van der Waals surface area (Å²) >= 11 is 1.34. The molecule has 1 heterocycles. The van der Waals surface area contributed by atoms with Gasteiger partial charge in [-0.2, -0.15) is 0 Å². The number of aromatic nitrogens is 2. The molecular formula is C14H15N3O3S. The Morgan fingerprint density at radius 3 is 2.52 bits per heavy atom. The van der Waals surface area contributed by atoms with Gasteiger partial charge in [-0.15, -0.1) is 10.2 Å². The molecule has 2 rings (SSSR count). The Bertz CT molecular complexity index is 637. The molecule has 0 aliphatic rings. The number of rotatable bonds is 6. The molecule has 0 saturated heterocycles. The summed E-state index contributed by atoms with van der Waals surface area (Å²) in [7, 11) is 0. The van der Waals surface area contributed by atoms with Crippen molar-refractivity contribution in [3.05, 3.63) is 34.8 Å². The Morgan fingerprint density at radius 1 is 1.24 bits per heavy atom. The Labute approximate surface area is 126 Å². The summed E-state index contributed by atoms with van der Waals surface area (Å²) < 4.78 is 5.34. The summed E-state index contributed by atoms with van der Waals surface area (Å²) in [6.07, 6.45) is 0.784. The number of hydrogen-bond donors (Lipinski definition) is 1. The van der Waals surface area contributed by atoms with Crippen molar-refractivity contribution in [1.29, 1.82) is 0 Å². The first-order valence-corrected chi connectivity index (χ1v) is 7.26. The van der Waals surface area contributed by atoms with Crippen LogP contribution >= 0.6 is 11.3 Å². The minimum absolute atomic E-state index is 0.0118. The summed E-state index contributed by atoms with van der Waals surface area (Å²) in [6.45, 7) is 3.34. The second-order valence-electron chi connectivity index (χ2n) is 4.27. The zero-order valence-electron chi connectivity index (χ0n) is 11.8. The zero-order valence-corrected chi connectivity index (χ0v) is 12.6. The highest BCUT2D eigenvalue weighted by molar-refractivity contribution is 7.15. The first-order chi connectivity index (χ1) is 10.1. The molecule has 110 valence electrons. The van der Waals surface area contributed by atoms with E-state index in [1.165, 1.54) is 18.3 Å². The highest BCUT2D eigenvalue weighted by atomic mass is 32.1. The van der Waals surface area contributed by atoms with Crippen LogP contribution < -0.4 is 10.1 Å². The lowest BCUT2D eigenvalue weighted by Gasteiger charge is -2.05. The predicted molar refractivity (Wildman–Crippen MR) is 79.9 cm³/mol. The summed E-state index contributed by atoms with van der Waals surface area (Å²) in [4.78, 5) is 22.8. The van der Waals surface area contributed by atoms with Gasteiger partial charge in [-0.3, -0.25) is 14.9 Å². The lowest BCUT2D eigenvalue weighted by atomic mass is 10.1. The van der Waals surface area contributed by atoms with E-state index in [0.29, 0.717) is 16.4 Å². The summed E-state index contributed by atoms with van der Waals surface area (Å²) in [5.41, 5.74) is 0.604. The third kappa shape index (κ3) is 4.35. The largest absolute Gasteiger partial charge is 0.484 e. The van der Waals surface area contributed by atoms with E-state index < -0.39 is 0 Å². The van der Waals surface area contributed by atoms with E-state index in [9.17, 15) is 9.59 Å². The number of amides is 1. The molecule has 0 aliphatic heterocycles. The molecular weight excluding hydrogens is 290 g/mol. The fourth-order valence-corrected chi connectivity index (χ4v) is 2.23. The third-order valence-corrected chi connectivity index (χ3v) is 3.63. The molecule has 1 aromatic heterocycles. The van der Waals surface area contributed by atoms with Gasteiger partial charge in [-0.05, 0) is 37.6 Å². The van der Waals surface area contributed by atoms with Crippen molar-refractivity contribution >= 4 is 28.2 Å². The Kier molecular flexibility index (Phi) is 4.99. The predicted octanol–water partition coefficient (Wildman–Crippen LogP) is 2.32. The number of nitrogens with one attached hydrogen (secondary N) is 1. The molecule has 2 aromatic rings. The topological polar surface area (TPSA) is 81.2 Å². The highest BCUT2D eigenvalue weighted by Gasteiger charge is 2.08. The number of aryl methyl sites for hydroxylation is 1. The molecule has 0 radical (unpaired) electrons. The molecule has 21 heavy (non-hydrogen) atoms. The number of ketones is 1. The van der Waals surface area contributed by atoms with Gasteiger partial charge in [0.05, 0.1) is 0 Å². The summed E-state index contributed by atoms with van der Waals surface area (Å²) in [6, 6.07) is 6.63. The number of anilines is 1. The molecule has 0 spiro atoms. The normalized spacial score (nSPS) is 10.2. The van der Waals surface area contributed by atoms with E-state index in [2.05, 4.69) is 15.5 Å². The molecule has 1 amide bonds. The van der Waals surface area contributed by atoms with Crippen molar-refractivity contribution in [3.8, 4) is 5.75 Å². The van der Waals surface area contributed by atoms with Crippen LogP contribution in [0.15, 0.2) is 24.3 Å². The van der Waals surface area contributed by atoms with E-state index in [4.69, 9.17) is 4.74 Å². The number of carbonyl (C=O) groups excluding carboxylic acids is 2. The number of benzene rings is 1. The number of ether oxygens (including phenoxy) is 1. The molecule has 0 bridgehead atoms. The molecule has 0 unspecified atom stereocenters. The van der Waals surface area contributed by atoms with E-state index >= 15 is 0 Å². The fraction of sp³-hybridized carbons (Fsp3) is 0.286. The average Bonchev–Trinajstić information content (AvgIpc) is 2.93. The minimum atomic E-state index is -0.301. The smallest absolute Gasteiger partial charge is 0.264 e. The van der Waals surface area contributed by atoms with Crippen LogP contribution in [-0.4, -0.2) is 28.5 Å². The molecule has 7 heteroatoms. The van der Waals surface area contributed by atoms with Gasteiger partial charge in [0.2, 0.25) is 5.13 Å². The Balaban J connectivity index is 1.84. The van der Waals surface area contributed by atoms with Crippen LogP contribution in [0.5, 0.6) is 5.75 Å². The standard InChI is InChI=1S/C14H15N3O3S/c1-3-13-16-17-14(21-13)15-12(19)8-20-11-6-4-10(5-7-11)9(2)18/h4-7H,3,8H2,1-2H3,(H,15,17,19). The maximum absolute atomic E-state index is 11.7. The lowest BCUT2D eigenvalue weighted by molar-refractivity contribution is -0.118. The second-order valence-corrected chi connectivity index (χ2v) is 5.33. The first kappa shape index (κ1) is 15.1. The SMILES string of the molecule is CCc1nnc(NC(=O)COc2ccc(C(C)=O)cc2)s1. The maximum Gasteiger partial charge on any atom is 0.264 e. The van der Waals surface area contributed by atoms with Crippen molar-refractivity contribution in [1.82, 2.24) is 10.2 Å². The minimum Gasteiger partial charge on any atom is -0.484 e. The highest BCUT2D eigenvalue weighted by Crippen LogP contribution is 2.16. The molecule has 0 atom stereocenters. The van der Waals surface area contributed by atoms with Gasteiger partial charge >= 0.3 is 0 Å². The van der Waals surface area contributed by atoms with Gasteiger partial charge in [0.1, 0.15) is 10.8 Å². The van der Waals surface area contributed by atoms with E-state index in [0.717, 1.165) is 11.4 Å². The van der Waals surface area contributed by atoms with Gasteiger partial charge in [0.25, 0.3) is 5.91 Å². The van der Waals surface area contributed by atoms with Gasteiger partial charge in [0, 0.05) is 5.56 Å². The maximum atomic E-state index is 11.7. The molecule has 6 nitrogen and oxygen atoms in total. The van der Waals surface area contributed by atoms with Gasteiger partial charge in [-0.1, -0.05) is 18.3 Å². The van der Waals surface area contributed by atoms with Crippen molar-refractivity contribution in [2.75, 3.05) is 11.9 Å². The van der Waals surface area contributed by atoms with Crippen molar-refractivity contribution < 1.29 is 14.3 Å². The van der Waals surface area contributed by atoms with Crippen molar-refractivity contribution in [2.45, 2.75) is 20.3 Å².